The van der Waals surface area contributed by atoms with Crippen molar-refractivity contribution in [2.75, 3.05) is 32.7 Å². The lowest BCUT2D eigenvalue weighted by molar-refractivity contribution is 0.135. The maximum absolute atomic E-state index is 4.51. The van der Waals surface area contributed by atoms with Crippen LogP contribution in [0, 0.1) is 6.92 Å². The summed E-state index contributed by atoms with van der Waals surface area (Å²) in [5, 5.41) is 0. The molecular formula is C20H25N3. The average molecular weight is 307 g/mol. The summed E-state index contributed by atoms with van der Waals surface area (Å²) in [4.78, 5) is 9.53. The Bertz CT molecular complexity index is 628. The quantitative estimate of drug-likeness (QED) is 0.845. The zero-order valence-corrected chi connectivity index (χ0v) is 13.9. The summed E-state index contributed by atoms with van der Waals surface area (Å²) in [6.45, 7) is 8.65. The Morgan fingerprint density at radius 3 is 2.43 bits per heavy atom. The highest BCUT2D eigenvalue weighted by Crippen LogP contribution is 2.10. The van der Waals surface area contributed by atoms with Crippen LogP contribution in [0.15, 0.2) is 54.7 Å². The number of piperazine rings is 1. The first kappa shape index (κ1) is 15.9. The molecule has 1 saturated heterocycles. The van der Waals surface area contributed by atoms with Crippen LogP contribution in [0.4, 0.5) is 0 Å². The van der Waals surface area contributed by atoms with E-state index in [9.17, 15) is 0 Å². The second-order valence-corrected chi connectivity index (χ2v) is 6.16. The Kier molecular flexibility index (Phi) is 5.56. The van der Waals surface area contributed by atoms with Crippen molar-refractivity contribution in [2.45, 2.75) is 13.5 Å². The normalized spacial score (nSPS) is 16.9. The van der Waals surface area contributed by atoms with Crippen LogP contribution in [0.25, 0.3) is 6.08 Å². The third kappa shape index (κ3) is 4.75. The Morgan fingerprint density at radius 1 is 0.957 bits per heavy atom. The maximum Gasteiger partial charge on any atom is 0.0573 e. The molecule has 0 radical (unpaired) electrons. The molecule has 1 fully saturated rings. The molecule has 3 heteroatoms. The largest absolute Gasteiger partial charge is 0.297 e. The van der Waals surface area contributed by atoms with E-state index in [1.807, 2.05) is 12.3 Å². The van der Waals surface area contributed by atoms with Gasteiger partial charge in [-0.2, -0.15) is 0 Å². The highest BCUT2D eigenvalue weighted by molar-refractivity contribution is 5.48. The van der Waals surface area contributed by atoms with Crippen LogP contribution in [0.5, 0.6) is 0 Å². The van der Waals surface area contributed by atoms with E-state index < -0.39 is 0 Å². The SMILES string of the molecule is Cc1cccnc1CN1CCN(C/C=C/c2ccccc2)CC1. The Balaban J connectivity index is 1.44. The molecule has 0 N–H and O–H groups in total. The van der Waals surface area contributed by atoms with E-state index in [0.29, 0.717) is 0 Å². The van der Waals surface area contributed by atoms with Crippen LogP contribution in [0.3, 0.4) is 0 Å². The summed E-state index contributed by atoms with van der Waals surface area (Å²) in [5.41, 5.74) is 3.78. The molecule has 2 heterocycles. The molecule has 3 rings (SSSR count). The van der Waals surface area contributed by atoms with E-state index in [1.165, 1.54) is 16.8 Å². The van der Waals surface area contributed by atoms with Crippen molar-refractivity contribution < 1.29 is 0 Å². The van der Waals surface area contributed by atoms with Gasteiger partial charge in [0.15, 0.2) is 0 Å². The van der Waals surface area contributed by atoms with Gasteiger partial charge in [-0.1, -0.05) is 48.6 Å². The topological polar surface area (TPSA) is 19.4 Å². The third-order valence-electron chi connectivity index (χ3n) is 4.43. The Labute approximate surface area is 139 Å². The number of pyridine rings is 1. The van der Waals surface area contributed by atoms with Gasteiger partial charge in [-0.05, 0) is 24.1 Å². The number of hydrogen-bond donors (Lipinski definition) is 0. The van der Waals surface area contributed by atoms with Gasteiger partial charge in [-0.3, -0.25) is 14.8 Å². The number of hydrogen-bond acceptors (Lipinski definition) is 3. The van der Waals surface area contributed by atoms with Crippen LogP contribution >= 0.6 is 0 Å². The zero-order valence-electron chi connectivity index (χ0n) is 13.9. The third-order valence-corrected chi connectivity index (χ3v) is 4.43. The molecule has 1 aliphatic heterocycles. The molecule has 120 valence electrons. The van der Waals surface area contributed by atoms with Crippen molar-refractivity contribution in [1.29, 1.82) is 0 Å². The van der Waals surface area contributed by atoms with Crippen LogP contribution in [-0.4, -0.2) is 47.5 Å². The lowest BCUT2D eigenvalue weighted by atomic mass is 10.2. The van der Waals surface area contributed by atoms with Crippen LogP contribution in [-0.2, 0) is 6.54 Å². The summed E-state index contributed by atoms with van der Waals surface area (Å²) in [7, 11) is 0. The van der Waals surface area contributed by atoms with Crippen molar-refractivity contribution >= 4 is 6.08 Å². The fourth-order valence-corrected chi connectivity index (χ4v) is 2.93. The highest BCUT2D eigenvalue weighted by atomic mass is 15.3. The van der Waals surface area contributed by atoms with Crippen molar-refractivity contribution in [3.8, 4) is 0 Å². The van der Waals surface area contributed by atoms with Gasteiger partial charge in [0.25, 0.3) is 0 Å². The van der Waals surface area contributed by atoms with Gasteiger partial charge in [0, 0.05) is 45.5 Å². The molecule has 0 unspecified atom stereocenters. The van der Waals surface area contributed by atoms with Crippen molar-refractivity contribution in [2.24, 2.45) is 0 Å². The van der Waals surface area contributed by atoms with Crippen molar-refractivity contribution in [3.63, 3.8) is 0 Å². The number of benzene rings is 1. The minimum Gasteiger partial charge on any atom is -0.297 e. The smallest absolute Gasteiger partial charge is 0.0573 e. The minimum absolute atomic E-state index is 0.973. The fraction of sp³-hybridized carbons (Fsp3) is 0.350. The molecule has 2 aromatic rings. The molecule has 0 bridgehead atoms. The zero-order chi connectivity index (χ0) is 15.9. The van der Waals surface area contributed by atoms with Crippen LogP contribution in [0.2, 0.25) is 0 Å². The minimum atomic E-state index is 0.973. The molecule has 0 saturated carbocycles. The van der Waals surface area contributed by atoms with Gasteiger partial charge in [0.2, 0.25) is 0 Å². The lowest BCUT2D eigenvalue weighted by Gasteiger charge is -2.34. The number of rotatable bonds is 5. The molecule has 1 aromatic carbocycles. The van der Waals surface area contributed by atoms with Crippen molar-refractivity contribution in [3.05, 3.63) is 71.6 Å². The van der Waals surface area contributed by atoms with Gasteiger partial charge in [0.05, 0.1) is 5.69 Å². The van der Waals surface area contributed by atoms with E-state index in [0.717, 1.165) is 39.3 Å². The predicted octanol–water partition coefficient (Wildman–Crippen LogP) is 3.22. The Hall–Kier alpha value is -1.97. The summed E-state index contributed by atoms with van der Waals surface area (Å²) in [6.07, 6.45) is 6.38. The summed E-state index contributed by atoms with van der Waals surface area (Å²) in [5.74, 6) is 0. The first-order valence-electron chi connectivity index (χ1n) is 8.38. The first-order valence-corrected chi connectivity index (χ1v) is 8.38. The molecular weight excluding hydrogens is 282 g/mol. The van der Waals surface area contributed by atoms with E-state index in [2.05, 4.69) is 70.3 Å². The van der Waals surface area contributed by atoms with Gasteiger partial charge in [0.1, 0.15) is 0 Å². The summed E-state index contributed by atoms with van der Waals surface area (Å²) < 4.78 is 0. The molecule has 0 spiro atoms. The summed E-state index contributed by atoms with van der Waals surface area (Å²) in [6, 6.07) is 14.7. The second kappa shape index (κ2) is 8.04. The second-order valence-electron chi connectivity index (χ2n) is 6.16. The fourth-order valence-electron chi connectivity index (χ4n) is 2.93. The van der Waals surface area contributed by atoms with Crippen LogP contribution in [0.1, 0.15) is 16.8 Å². The standard InChI is InChI=1S/C20H25N3/c1-18-7-5-11-21-20(18)17-23-15-13-22(14-16-23)12-6-10-19-8-3-2-4-9-19/h2-11H,12-17H2,1H3/b10-6+. The van der Waals surface area contributed by atoms with Crippen LogP contribution < -0.4 is 0 Å². The van der Waals surface area contributed by atoms with Crippen molar-refractivity contribution in [1.82, 2.24) is 14.8 Å². The van der Waals surface area contributed by atoms with Gasteiger partial charge >= 0.3 is 0 Å². The first-order chi connectivity index (χ1) is 11.3. The molecule has 3 nitrogen and oxygen atoms in total. The molecule has 0 aliphatic carbocycles. The van der Waals surface area contributed by atoms with Gasteiger partial charge in [-0.25, -0.2) is 0 Å². The van der Waals surface area contributed by atoms with Gasteiger partial charge < -0.3 is 0 Å². The molecule has 23 heavy (non-hydrogen) atoms. The maximum atomic E-state index is 4.51. The average Bonchev–Trinajstić information content (AvgIpc) is 2.59. The van der Waals surface area contributed by atoms with E-state index in [4.69, 9.17) is 0 Å². The van der Waals surface area contributed by atoms with Gasteiger partial charge in [-0.15, -0.1) is 0 Å². The highest BCUT2D eigenvalue weighted by Gasteiger charge is 2.16. The Morgan fingerprint density at radius 2 is 1.70 bits per heavy atom. The monoisotopic (exact) mass is 307 g/mol. The van der Waals surface area contributed by atoms with E-state index in [1.54, 1.807) is 0 Å². The number of aromatic nitrogens is 1. The molecule has 1 aliphatic rings. The van der Waals surface area contributed by atoms with E-state index >= 15 is 0 Å². The molecule has 0 amide bonds. The predicted molar refractivity (Wildman–Crippen MR) is 96.2 cm³/mol. The molecule has 1 aromatic heterocycles. The molecule has 0 atom stereocenters. The lowest BCUT2D eigenvalue weighted by Crippen LogP contribution is -2.45. The van der Waals surface area contributed by atoms with E-state index in [-0.39, 0.29) is 0 Å². The summed E-state index contributed by atoms with van der Waals surface area (Å²) >= 11 is 0. The number of aryl methyl sites for hydroxylation is 1. The number of nitrogens with zero attached hydrogens (tertiary/aromatic N) is 3.